The number of fused-ring (bicyclic) bond motifs is 3. The maximum absolute atomic E-state index is 2.34. The average molecular weight is 254 g/mol. The first kappa shape index (κ1) is 11.7. The molecule has 1 heterocycles. The Balaban J connectivity index is 2.34. The Morgan fingerprint density at radius 1 is 0.833 bits per heavy atom. The zero-order valence-electron chi connectivity index (χ0n) is 11.1. The Kier molecular flexibility index (Phi) is 2.87. The molecular weight excluding hydrogens is 236 g/mol. The first-order chi connectivity index (χ1) is 8.68. The van der Waals surface area contributed by atoms with E-state index in [0.29, 0.717) is 11.8 Å². The van der Waals surface area contributed by atoms with Crippen molar-refractivity contribution in [3.05, 3.63) is 48.0 Å². The van der Waals surface area contributed by atoms with Crippen LogP contribution in [0.3, 0.4) is 0 Å². The maximum Gasteiger partial charge on any atom is 0.0390 e. The predicted octanol–water partition coefficient (Wildman–Crippen LogP) is 5.81. The van der Waals surface area contributed by atoms with Gasteiger partial charge in [0.15, 0.2) is 0 Å². The van der Waals surface area contributed by atoms with Crippen LogP contribution in [0.5, 0.6) is 0 Å². The summed E-state index contributed by atoms with van der Waals surface area (Å²) in [5.74, 6) is 1.29. The third-order valence-corrected chi connectivity index (χ3v) is 5.16. The Labute approximate surface area is 112 Å². The lowest BCUT2D eigenvalue weighted by atomic mass is 9.89. The van der Waals surface area contributed by atoms with E-state index in [1.54, 1.807) is 0 Å². The number of hydrogen-bond donors (Lipinski definition) is 0. The lowest BCUT2D eigenvalue weighted by Gasteiger charge is -2.16. The molecule has 0 saturated heterocycles. The van der Waals surface area contributed by atoms with Gasteiger partial charge in [0, 0.05) is 20.2 Å². The van der Waals surface area contributed by atoms with Gasteiger partial charge in [-0.25, -0.2) is 0 Å². The Morgan fingerprint density at radius 3 is 2.33 bits per heavy atom. The molecule has 92 valence electrons. The number of benzene rings is 2. The number of rotatable bonds is 2. The van der Waals surface area contributed by atoms with E-state index in [-0.39, 0.29) is 0 Å². The molecule has 0 radical (unpaired) electrons. The van der Waals surface area contributed by atoms with Crippen molar-refractivity contribution in [1.82, 2.24) is 0 Å². The maximum atomic E-state index is 2.34. The zero-order chi connectivity index (χ0) is 12.7. The highest BCUT2D eigenvalue weighted by molar-refractivity contribution is 7.26. The molecule has 0 N–H and O–H groups in total. The van der Waals surface area contributed by atoms with Gasteiger partial charge in [0.2, 0.25) is 0 Å². The minimum atomic E-state index is 0.613. The van der Waals surface area contributed by atoms with Crippen LogP contribution in [0.4, 0.5) is 0 Å². The normalized spacial score (nSPS) is 13.6. The van der Waals surface area contributed by atoms with Gasteiger partial charge in [-0.3, -0.25) is 0 Å². The third-order valence-electron chi connectivity index (χ3n) is 3.93. The van der Waals surface area contributed by atoms with Gasteiger partial charge in [-0.15, -0.1) is 11.3 Å². The highest BCUT2D eigenvalue weighted by atomic mass is 32.1. The van der Waals surface area contributed by atoms with Crippen LogP contribution in [0, 0.1) is 5.92 Å². The van der Waals surface area contributed by atoms with Crippen molar-refractivity contribution in [3.8, 4) is 0 Å². The second-order valence-corrected chi connectivity index (χ2v) is 6.41. The second kappa shape index (κ2) is 4.40. The van der Waals surface area contributed by atoms with Crippen molar-refractivity contribution >= 4 is 31.5 Å². The molecule has 0 bridgehead atoms. The highest BCUT2D eigenvalue weighted by Crippen LogP contribution is 2.39. The van der Waals surface area contributed by atoms with Crippen LogP contribution in [0.1, 0.15) is 32.3 Å². The van der Waals surface area contributed by atoms with E-state index in [0.717, 1.165) is 0 Å². The van der Waals surface area contributed by atoms with E-state index in [1.165, 1.54) is 25.7 Å². The SMILES string of the molecule is CC(C)C(C)c1cccc2c1sc1ccccc12. The summed E-state index contributed by atoms with van der Waals surface area (Å²) in [6, 6.07) is 15.5. The summed E-state index contributed by atoms with van der Waals surface area (Å²) in [6.07, 6.45) is 0. The van der Waals surface area contributed by atoms with Crippen LogP contribution in [0.2, 0.25) is 0 Å². The van der Waals surface area contributed by atoms with Gasteiger partial charge < -0.3 is 0 Å². The van der Waals surface area contributed by atoms with Gasteiger partial charge in [0.05, 0.1) is 0 Å². The van der Waals surface area contributed by atoms with Crippen molar-refractivity contribution in [1.29, 1.82) is 0 Å². The van der Waals surface area contributed by atoms with Gasteiger partial charge in [-0.05, 0) is 23.5 Å². The molecule has 0 spiro atoms. The molecule has 1 aromatic heterocycles. The van der Waals surface area contributed by atoms with Gasteiger partial charge in [0.25, 0.3) is 0 Å². The van der Waals surface area contributed by atoms with Crippen molar-refractivity contribution < 1.29 is 0 Å². The molecule has 0 fully saturated rings. The third kappa shape index (κ3) is 1.74. The van der Waals surface area contributed by atoms with Crippen molar-refractivity contribution in [2.45, 2.75) is 26.7 Å². The first-order valence-corrected chi connectivity index (χ1v) is 7.40. The molecule has 3 aromatic rings. The molecule has 0 aliphatic rings. The summed E-state index contributed by atoms with van der Waals surface area (Å²) in [4.78, 5) is 0. The Bertz CT molecular complexity index is 691. The van der Waals surface area contributed by atoms with Crippen LogP contribution in [-0.4, -0.2) is 0 Å². The van der Waals surface area contributed by atoms with E-state index >= 15 is 0 Å². The summed E-state index contributed by atoms with van der Waals surface area (Å²) in [7, 11) is 0. The lowest BCUT2D eigenvalue weighted by Crippen LogP contribution is -2.01. The van der Waals surface area contributed by atoms with Gasteiger partial charge in [-0.1, -0.05) is 57.2 Å². The van der Waals surface area contributed by atoms with Crippen molar-refractivity contribution in [2.75, 3.05) is 0 Å². The topological polar surface area (TPSA) is 0 Å². The van der Waals surface area contributed by atoms with Crippen molar-refractivity contribution in [3.63, 3.8) is 0 Å². The lowest BCUT2D eigenvalue weighted by molar-refractivity contribution is 0.538. The number of hydrogen-bond acceptors (Lipinski definition) is 1. The van der Waals surface area contributed by atoms with E-state index in [1.807, 2.05) is 11.3 Å². The fourth-order valence-electron chi connectivity index (χ4n) is 2.49. The van der Waals surface area contributed by atoms with Crippen LogP contribution in [-0.2, 0) is 0 Å². The van der Waals surface area contributed by atoms with Crippen LogP contribution < -0.4 is 0 Å². The fraction of sp³-hybridized carbons (Fsp3) is 0.294. The zero-order valence-corrected chi connectivity index (χ0v) is 11.9. The molecule has 3 rings (SSSR count). The van der Waals surface area contributed by atoms with Gasteiger partial charge in [-0.2, -0.15) is 0 Å². The standard InChI is InChI=1S/C17H18S/c1-11(2)12(3)13-8-6-9-15-14-7-4-5-10-16(14)18-17(13)15/h4-12H,1-3H3. The molecule has 0 nitrogen and oxygen atoms in total. The van der Waals surface area contributed by atoms with Crippen LogP contribution in [0.15, 0.2) is 42.5 Å². The Morgan fingerprint density at radius 2 is 1.56 bits per heavy atom. The molecule has 1 unspecified atom stereocenters. The molecule has 0 saturated carbocycles. The van der Waals surface area contributed by atoms with Crippen molar-refractivity contribution in [2.24, 2.45) is 5.92 Å². The van der Waals surface area contributed by atoms with Crippen LogP contribution >= 0.6 is 11.3 Å². The number of thiophene rings is 1. The molecule has 1 heteroatoms. The summed E-state index contributed by atoms with van der Waals surface area (Å²) < 4.78 is 2.87. The fourth-order valence-corrected chi connectivity index (χ4v) is 3.80. The smallest absolute Gasteiger partial charge is 0.0390 e. The second-order valence-electron chi connectivity index (χ2n) is 5.35. The van der Waals surface area contributed by atoms with Gasteiger partial charge in [0.1, 0.15) is 0 Å². The molecular formula is C17H18S. The highest BCUT2D eigenvalue weighted by Gasteiger charge is 2.15. The minimum Gasteiger partial charge on any atom is -0.135 e. The summed E-state index contributed by atoms with van der Waals surface area (Å²) in [5, 5.41) is 2.82. The van der Waals surface area contributed by atoms with Gasteiger partial charge >= 0.3 is 0 Å². The molecule has 0 amide bonds. The minimum absolute atomic E-state index is 0.613. The summed E-state index contributed by atoms with van der Waals surface area (Å²) >= 11 is 1.93. The molecule has 1 atom stereocenters. The van der Waals surface area contributed by atoms with E-state index in [9.17, 15) is 0 Å². The monoisotopic (exact) mass is 254 g/mol. The molecule has 0 aliphatic carbocycles. The largest absolute Gasteiger partial charge is 0.135 e. The molecule has 0 aliphatic heterocycles. The van der Waals surface area contributed by atoms with E-state index in [4.69, 9.17) is 0 Å². The van der Waals surface area contributed by atoms with Crippen LogP contribution in [0.25, 0.3) is 20.2 Å². The molecule has 2 aromatic carbocycles. The van der Waals surface area contributed by atoms with E-state index < -0.39 is 0 Å². The quantitative estimate of drug-likeness (QED) is 0.541. The Hall–Kier alpha value is -1.34. The predicted molar refractivity (Wildman–Crippen MR) is 82.6 cm³/mol. The first-order valence-electron chi connectivity index (χ1n) is 6.58. The average Bonchev–Trinajstić information content (AvgIpc) is 2.76. The molecule has 18 heavy (non-hydrogen) atoms. The summed E-state index contributed by atoms with van der Waals surface area (Å²) in [5.41, 5.74) is 1.50. The summed E-state index contributed by atoms with van der Waals surface area (Å²) in [6.45, 7) is 6.94. The van der Waals surface area contributed by atoms with E-state index in [2.05, 4.69) is 63.2 Å².